The number of nitrogens with zero attached hydrogens (tertiary/aromatic N) is 2. The van der Waals surface area contributed by atoms with Crippen molar-refractivity contribution in [3.8, 4) is 6.07 Å². The van der Waals surface area contributed by atoms with E-state index in [9.17, 15) is 14.4 Å². The Morgan fingerprint density at radius 2 is 1.96 bits per heavy atom. The van der Waals surface area contributed by atoms with E-state index in [1.807, 2.05) is 24.3 Å². The molecule has 1 saturated carbocycles. The Morgan fingerprint density at radius 3 is 2.69 bits per heavy atom. The van der Waals surface area contributed by atoms with Gasteiger partial charge in [0.15, 0.2) is 6.10 Å². The zero-order chi connectivity index (χ0) is 18.1. The number of carbonyl (C=O) groups is 1. The highest BCUT2D eigenvalue weighted by atomic mass is 19.1. The predicted molar refractivity (Wildman–Crippen MR) is 95.0 cm³/mol. The summed E-state index contributed by atoms with van der Waals surface area (Å²) in [5.74, 6) is -0.734. The molecule has 1 fully saturated rings. The molecule has 1 aromatic heterocycles. The molecule has 1 unspecified atom stereocenters. The second kappa shape index (κ2) is 6.64. The molecule has 130 valence electrons. The van der Waals surface area contributed by atoms with Gasteiger partial charge < -0.3 is 9.30 Å². The number of hydrogen-bond donors (Lipinski definition) is 0. The summed E-state index contributed by atoms with van der Waals surface area (Å²) in [7, 11) is 0. The van der Waals surface area contributed by atoms with Crippen LogP contribution in [0.1, 0.15) is 28.9 Å². The van der Waals surface area contributed by atoms with Crippen molar-refractivity contribution in [1.82, 2.24) is 4.57 Å². The van der Waals surface area contributed by atoms with Gasteiger partial charge in [0, 0.05) is 22.4 Å². The molecule has 3 aromatic rings. The second-order valence-corrected chi connectivity index (χ2v) is 6.56. The predicted octanol–water partition coefficient (Wildman–Crippen LogP) is 4.29. The van der Waals surface area contributed by atoms with Gasteiger partial charge in [0.2, 0.25) is 0 Å². The topological polar surface area (TPSA) is 55.0 Å². The number of esters is 1. The van der Waals surface area contributed by atoms with Crippen molar-refractivity contribution < 1.29 is 13.9 Å². The third kappa shape index (κ3) is 3.06. The van der Waals surface area contributed by atoms with Crippen molar-refractivity contribution in [2.75, 3.05) is 0 Å². The minimum absolute atomic E-state index is 0.133. The smallest absolute Gasteiger partial charge is 0.356 e. The third-order valence-electron chi connectivity index (χ3n) is 4.72. The van der Waals surface area contributed by atoms with Crippen LogP contribution in [0.15, 0.2) is 54.6 Å². The Labute approximate surface area is 150 Å². The minimum atomic E-state index is -0.720. The van der Waals surface area contributed by atoms with Crippen LogP contribution in [-0.2, 0) is 11.3 Å². The van der Waals surface area contributed by atoms with E-state index in [4.69, 9.17) is 4.74 Å². The number of hydrogen-bond acceptors (Lipinski definition) is 3. The Kier molecular flexibility index (Phi) is 4.18. The molecule has 1 heterocycles. The quantitative estimate of drug-likeness (QED) is 0.647. The van der Waals surface area contributed by atoms with E-state index in [0.717, 1.165) is 23.7 Å². The van der Waals surface area contributed by atoms with Crippen molar-refractivity contribution in [3.63, 3.8) is 0 Å². The number of ether oxygens (including phenoxy) is 1. The lowest BCUT2D eigenvalue weighted by Crippen LogP contribution is -2.21. The van der Waals surface area contributed by atoms with Crippen molar-refractivity contribution in [2.24, 2.45) is 5.92 Å². The molecule has 1 aliphatic carbocycles. The van der Waals surface area contributed by atoms with Gasteiger partial charge in [-0.05, 0) is 31.0 Å². The lowest BCUT2D eigenvalue weighted by molar-refractivity contribution is 0.0358. The normalized spacial score (nSPS) is 14.8. The molecule has 0 amide bonds. The summed E-state index contributed by atoms with van der Waals surface area (Å²) in [6.07, 6.45) is 1.09. The van der Waals surface area contributed by atoms with Gasteiger partial charge in [-0.3, -0.25) is 0 Å². The fourth-order valence-corrected chi connectivity index (χ4v) is 3.15. The summed E-state index contributed by atoms with van der Waals surface area (Å²) in [5.41, 5.74) is 1.64. The van der Waals surface area contributed by atoms with Crippen LogP contribution in [0.3, 0.4) is 0 Å². The van der Waals surface area contributed by atoms with Gasteiger partial charge in [0.25, 0.3) is 0 Å². The summed E-state index contributed by atoms with van der Waals surface area (Å²) >= 11 is 0. The number of nitriles is 1. The van der Waals surface area contributed by atoms with Gasteiger partial charge in [-0.25, -0.2) is 9.18 Å². The first kappa shape index (κ1) is 16.3. The molecule has 4 rings (SSSR count). The largest absolute Gasteiger partial charge is 0.442 e. The van der Waals surface area contributed by atoms with Crippen molar-refractivity contribution in [1.29, 1.82) is 5.26 Å². The standard InChI is InChI=1S/C21H17FN2O2/c22-17-7-3-1-6-16(17)13-24-18-8-4-2-5-15(18)11-19(24)21(25)26-20(12-23)14-9-10-14/h1-8,11,14,20H,9-10,13H2. The van der Waals surface area contributed by atoms with E-state index in [1.165, 1.54) is 6.07 Å². The summed E-state index contributed by atoms with van der Waals surface area (Å²) in [6, 6.07) is 17.8. The van der Waals surface area contributed by atoms with Crippen molar-refractivity contribution in [2.45, 2.75) is 25.5 Å². The highest BCUT2D eigenvalue weighted by molar-refractivity contribution is 5.96. The number of fused-ring (bicyclic) bond motifs is 1. The van der Waals surface area contributed by atoms with E-state index in [0.29, 0.717) is 11.3 Å². The SMILES string of the molecule is N#CC(OC(=O)c1cc2ccccc2n1Cc1ccccc1F)C1CC1. The lowest BCUT2D eigenvalue weighted by atomic mass is 10.2. The Hall–Kier alpha value is -3.13. The maximum Gasteiger partial charge on any atom is 0.356 e. The molecule has 0 bridgehead atoms. The van der Waals surface area contributed by atoms with Gasteiger partial charge in [0.1, 0.15) is 17.6 Å². The second-order valence-electron chi connectivity index (χ2n) is 6.56. The highest BCUT2D eigenvalue weighted by Crippen LogP contribution is 2.34. The van der Waals surface area contributed by atoms with E-state index < -0.39 is 12.1 Å². The Bertz CT molecular complexity index is 1010. The molecule has 0 radical (unpaired) electrons. The van der Waals surface area contributed by atoms with Crippen LogP contribution in [-0.4, -0.2) is 16.6 Å². The average molecular weight is 348 g/mol. The van der Waals surface area contributed by atoms with E-state index in [-0.39, 0.29) is 18.3 Å². The number of rotatable bonds is 5. The van der Waals surface area contributed by atoms with E-state index in [2.05, 4.69) is 6.07 Å². The molecule has 1 atom stereocenters. The molecular formula is C21H17FN2O2. The zero-order valence-electron chi connectivity index (χ0n) is 14.1. The molecule has 0 saturated heterocycles. The van der Waals surface area contributed by atoms with Gasteiger partial charge >= 0.3 is 5.97 Å². The summed E-state index contributed by atoms with van der Waals surface area (Å²) in [5, 5.41) is 10.1. The monoisotopic (exact) mass is 348 g/mol. The fourth-order valence-electron chi connectivity index (χ4n) is 3.15. The van der Waals surface area contributed by atoms with Gasteiger partial charge in [0.05, 0.1) is 6.54 Å². The zero-order valence-corrected chi connectivity index (χ0v) is 14.1. The first-order chi connectivity index (χ1) is 12.7. The summed E-state index contributed by atoms with van der Waals surface area (Å²) in [4.78, 5) is 12.7. The Balaban J connectivity index is 1.73. The van der Waals surface area contributed by atoms with Crippen molar-refractivity contribution >= 4 is 16.9 Å². The highest BCUT2D eigenvalue weighted by Gasteiger charge is 2.35. The van der Waals surface area contributed by atoms with Crippen LogP contribution in [0.2, 0.25) is 0 Å². The number of aromatic nitrogens is 1. The number of halogens is 1. The number of benzene rings is 2. The van der Waals surface area contributed by atoms with Crippen molar-refractivity contribution in [3.05, 3.63) is 71.7 Å². The molecule has 26 heavy (non-hydrogen) atoms. The van der Waals surface area contributed by atoms with Crippen LogP contribution < -0.4 is 0 Å². The molecule has 0 N–H and O–H groups in total. The molecule has 0 aliphatic heterocycles. The van der Waals surface area contributed by atoms with Gasteiger partial charge in [-0.15, -0.1) is 0 Å². The lowest BCUT2D eigenvalue weighted by Gasteiger charge is -2.13. The van der Waals surface area contributed by atoms with Crippen LogP contribution in [0.25, 0.3) is 10.9 Å². The van der Waals surface area contributed by atoms with Crippen LogP contribution in [0.5, 0.6) is 0 Å². The first-order valence-electron chi connectivity index (χ1n) is 8.59. The van der Waals surface area contributed by atoms with Gasteiger partial charge in [-0.2, -0.15) is 5.26 Å². The minimum Gasteiger partial charge on any atom is -0.442 e. The maximum absolute atomic E-state index is 14.1. The average Bonchev–Trinajstić information content (AvgIpc) is 3.43. The first-order valence-corrected chi connectivity index (χ1v) is 8.59. The molecule has 1 aliphatic rings. The molecule has 4 nitrogen and oxygen atoms in total. The molecule has 2 aromatic carbocycles. The Morgan fingerprint density at radius 1 is 1.23 bits per heavy atom. The van der Waals surface area contributed by atoms with Gasteiger partial charge in [-0.1, -0.05) is 36.4 Å². The molecule has 0 spiro atoms. The number of para-hydroxylation sites is 1. The molecule has 5 heteroatoms. The fraction of sp³-hybridized carbons (Fsp3) is 0.238. The van der Waals surface area contributed by atoms with Crippen LogP contribution in [0.4, 0.5) is 4.39 Å². The van der Waals surface area contributed by atoms with Crippen LogP contribution in [0, 0.1) is 23.1 Å². The van der Waals surface area contributed by atoms with E-state index >= 15 is 0 Å². The summed E-state index contributed by atoms with van der Waals surface area (Å²) < 4.78 is 21.3. The van der Waals surface area contributed by atoms with E-state index in [1.54, 1.807) is 28.8 Å². The summed E-state index contributed by atoms with van der Waals surface area (Å²) in [6.45, 7) is 0.214. The third-order valence-corrected chi connectivity index (χ3v) is 4.72. The number of carbonyl (C=O) groups excluding carboxylic acids is 1. The molecular weight excluding hydrogens is 331 g/mol. The maximum atomic E-state index is 14.1. The van der Waals surface area contributed by atoms with Crippen LogP contribution >= 0.6 is 0 Å².